The minimum absolute atomic E-state index is 0.0350. The Morgan fingerprint density at radius 2 is 1.50 bits per heavy atom. The molecule has 2 amide bonds. The number of hydrazone groups is 1. The van der Waals surface area contributed by atoms with E-state index in [1.807, 2.05) is 71.6 Å². The van der Waals surface area contributed by atoms with Crippen molar-refractivity contribution in [1.29, 1.82) is 0 Å². The highest BCUT2D eigenvalue weighted by Crippen LogP contribution is 2.14. The first-order valence-corrected chi connectivity index (χ1v) is 10.6. The van der Waals surface area contributed by atoms with Crippen molar-refractivity contribution in [2.75, 3.05) is 5.32 Å². The molecule has 2 aromatic carbocycles. The van der Waals surface area contributed by atoms with E-state index in [2.05, 4.69) is 15.8 Å². The molecule has 0 bridgehead atoms. The predicted octanol–water partition coefficient (Wildman–Crippen LogP) is 2.75. The van der Waals surface area contributed by atoms with E-state index in [-0.39, 0.29) is 5.69 Å². The van der Waals surface area contributed by atoms with Crippen LogP contribution in [0.15, 0.2) is 89.0 Å². The number of amides is 2. The molecule has 0 fully saturated rings. The van der Waals surface area contributed by atoms with Gasteiger partial charge in [-0.3, -0.25) is 19.1 Å². The van der Waals surface area contributed by atoms with Crippen LogP contribution in [0.5, 0.6) is 0 Å². The first-order chi connectivity index (χ1) is 16.4. The fourth-order valence-corrected chi connectivity index (χ4v) is 3.51. The number of carbonyl (C=O) groups is 2. The van der Waals surface area contributed by atoms with E-state index >= 15 is 0 Å². The van der Waals surface area contributed by atoms with Crippen LogP contribution >= 0.6 is 0 Å². The van der Waals surface area contributed by atoms with Crippen molar-refractivity contribution in [2.45, 2.75) is 13.8 Å². The summed E-state index contributed by atoms with van der Waals surface area (Å²) in [7, 11) is 1.70. The van der Waals surface area contributed by atoms with Crippen molar-refractivity contribution in [2.24, 2.45) is 12.1 Å². The van der Waals surface area contributed by atoms with Gasteiger partial charge in [-0.1, -0.05) is 30.3 Å². The zero-order valence-electron chi connectivity index (χ0n) is 19.0. The maximum absolute atomic E-state index is 12.9. The fraction of sp³-hybridized carbons (Fsp3) is 0.120. The molecule has 0 aliphatic rings. The Morgan fingerprint density at radius 1 is 0.853 bits per heavy atom. The van der Waals surface area contributed by atoms with Gasteiger partial charge in [-0.05, 0) is 55.8 Å². The second-order valence-corrected chi connectivity index (χ2v) is 7.67. The van der Waals surface area contributed by atoms with Crippen LogP contribution in [0.25, 0.3) is 11.4 Å². The summed E-state index contributed by atoms with van der Waals surface area (Å²) >= 11 is 0. The minimum atomic E-state index is -0.981. The van der Waals surface area contributed by atoms with Crippen LogP contribution in [0.2, 0.25) is 0 Å². The molecule has 0 aliphatic heterocycles. The Bertz CT molecular complexity index is 1410. The van der Waals surface area contributed by atoms with Gasteiger partial charge in [-0.15, -0.1) is 0 Å². The normalized spacial score (nSPS) is 11.3. The van der Waals surface area contributed by atoms with E-state index in [4.69, 9.17) is 0 Å². The van der Waals surface area contributed by atoms with Crippen molar-refractivity contribution in [3.8, 4) is 11.4 Å². The summed E-state index contributed by atoms with van der Waals surface area (Å²) < 4.78 is 5.01. The van der Waals surface area contributed by atoms with Gasteiger partial charge in [0.25, 0.3) is 5.56 Å². The summed E-state index contributed by atoms with van der Waals surface area (Å²) in [4.78, 5) is 37.7. The largest absolute Gasteiger partial charge is 0.329 e. The van der Waals surface area contributed by atoms with Gasteiger partial charge in [-0.25, -0.2) is 10.1 Å². The van der Waals surface area contributed by atoms with E-state index in [1.54, 1.807) is 37.7 Å². The molecule has 0 atom stereocenters. The maximum atomic E-state index is 12.9. The summed E-state index contributed by atoms with van der Waals surface area (Å²) in [5, 5.41) is 6.44. The van der Waals surface area contributed by atoms with E-state index in [0.29, 0.717) is 17.1 Å². The monoisotopic (exact) mass is 456 g/mol. The summed E-state index contributed by atoms with van der Waals surface area (Å²) in [5.74, 6) is -1.96. The summed E-state index contributed by atoms with van der Waals surface area (Å²) in [6.07, 6.45) is 3.88. The molecule has 34 heavy (non-hydrogen) atoms. The summed E-state index contributed by atoms with van der Waals surface area (Å²) in [6.45, 7) is 3.41. The Balaban J connectivity index is 1.45. The van der Waals surface area contributed by atoms with Crippen molar-refractivity contribution in [3.05, 3.63) is 101 Å². The first kappa shape index (κ1) is 22.5. The molecule has 0 saturated carbocycles. The third-order valence-corrected chi connectivity index (χ3v) is 5.51. The van der Waals surface area contributed by atoms with E-state index in [0.717, 1.165) is 11.3 Å². The third kappa shape index (κ3) is 4.44. The van der Waals surface area contributed by atoms with Crippen LogP contribution in [-0.2, 0) is 16.6 Å². The van der Waals surface area contributed by atoms with Crippen molar-refractivity contribution >= 4 is 23.2 Å². The molecular weight excluding hydrogens is 432 g/mol. The molecule has 0 unspecified atom stereocenters. The number of para-hydroxylation sites is 1. The van der Waals surface area contributed by atoms with Crippen LogP contribution in [0.1, 0.15) is 18.2 Å². The van der Waals surface area contributed by atoms with Gasteiger partial charge in [0.05, 0.1) is 17.1 Å². The third-order valence-electron chi connectivity index (χ3n) is 5.51. The van der Waals surface area contributed by atoms with Gasteiger partial charge in [0, 0.05) is 25.1 Å². The molecule has 0 radical (unpaired) electrons. The number of carbonyl (C=O) groups excluding carboxylic acids is 2. The van der Waals surface area contributed by atoms with Crippen molar-refractivity contribution in [3.63, 3.8) is 0 Å². The zero-order valence-corrected chi connectivity index (χ0v) is 19.0. The van der Waals surface area contributed by atoms with Crippen LogP contribution in [0.3, 0.4) is 0 Å². The topological polar surface area (TPSA) is 102 Å². The SMILES string of the molecule is CC(=NNC(=O)C(=O)Nc1c(C)n(C)n(-c2ccccc2)c1=O)c1ccc(-n2cccc2)cc1. The number of nitrogens with one attached hydrogen (secondary N) is 2. The Kier molecular flexibility index (Phi) is 6.26. The highest BCUT2D eigenvalue weighted by Gasteiger charge is 2.21. The second kappa shape index (κ2) is 9.45. The molecule has 0 spiro atoms. The van der Waals surface area contributed by atoms with Crippen molar-refractivity contribution < 1.29 is 9.59 Å². The fourth-order valence-electron chi connectivity index (χ4n) is 3.51. The lowest BCUT2D eigenvalue weighted by Gasteiger charge is -2.07. The van der Waals surface area contributed by atoms with Gasteiger partial charge in [-0.2, -0.15) is 5.10 Å². The molecule has 172 valence electrons. The smallest absolute Gasteiger partial charge is 0.324 e. The lowest BCUT2D eigenvalue weighted by atomic mass is 10.1. The highest BCUT2D eigenvalue weighted by atomic mass is 16.2. The van der Waals surface area contributed by atoms with Crippen LogP contribution in [0, 0.1) is 6.92 Å². The van der Waals surface area contributed by atoms with Gasteiger partial charge >= 0.3 is 11.8 Å². The number of anilines is 1. The summed E-state index contributed by atoms with van der Waals surface area (Å²) in [6, 6.07) is 20.5. The number of rotatable bonds is 5. The molecule has 4 rings (SSSR count). The molecule has 9 heteroatoms. The minimum Gasteiger partial charge on any atom is -0.324 e. The molecule has 9 nitrogen and oxygen atoms in total. The lowest BCUT2D eigenvalue weighted by molar-refractivity contribution is -0.136. The number of aromatic nitrogens is 3. The van der Waals surface area contributed by atoms with Crippen molar-refractivity contribution in [1.82, 2.24) is 19.4 Å². The molecular formula is C25H24N6O3. The average Bonchev–Trinajstić information content (AvgIpc) is 3.47. The Morgan fingerprint density at radius 3 is 2.15 bits per heavy atom. The van der Waals surface area contributed by atoms with Gasteiger partial charge < -0.3 is 9.88 Å². The number of nitrogens with zero attached hydrogens (tertiary/aromatic N) is 4. The van der Waals surface area contributed by atoms with E-state index in [9.17, 15) is 14.4 Å². The predicted molar refractivity (Wildman–Crippen MR) is 130 cm³/mol. The first-order valence-electron chi connectivity index (χ1n) is 10.6. The Labute approximate surface area is 195 Å². The molecule has 2 aromatic heterocycles. The molecule has 0 aliphatic carbocycles. The van der Waals surface area contributed by atoms with E-state index < -0.39 is 17.4 Å². The zero-order chi connectivity index (χ0) is 24.2. The standard InChI is InChI=1S/C25H24N6O3/c1-17(19-11-13-20(14-12-19)30-15-7-8-16-30)27-28-24(33)23(32)26-22-18(2)29(3)31(25(22)34)21-9-5-4-6-10-21/h4-16H,1-3H3,(H,26,32)(H,28,33). The molecule has 2 N–H and O–H groups in total. The Hall–Kier alpha value is -4.66. The number of benzene rings is 2. The molecule has 4 aromatic rings. The van der Waals surface area contributed by atoms with Crippen LogP contribution < -0.4 is 16.3 Å². The molecule has 0 saturated heterocycles. The lowest BCUT2D eigenvalue weighted by Crippen LogP contribution is -2.34. The van der Waals surface area contributed by atoms with Gasteiger partial charge in [0.2, 0.25) is 0 Å². The quantitative estimate of drug-likeness (QED) is 0.274. The van der Waals surface area contributed by atoms with Gasteiger partial charge in [0.15, 0.2) is 0 Å². The molecule has 2 heterocycles. The number of hydrogen-bond donors (Lipinski definition) is 2. The number of hydrogen-bond acceptors (Lipinski definition) is 4. The average molecular weight is 457 g/mol. The van der Waals surface area contributed by atoms with Gasteiger partial charge in [0.1, 0.15) is 5.69 Å². The second-order valence-electron chi connectivity index (χ2n) is 7.67. The highest BCUT2D eigenvalue weighted by molar-refractivity contribution is 6.39. The van der Waals surface area contributed by atoms with Crippen LogP contribution in [0.4, 0.5) is 5.69 Å². The summed E-state index contributed by atoms with van der Waals surface area (Å²) in [5.41, 5.74) is 5.32. The maximum Gasteiger partial charge on any atom is 0.329 e. The van der Waals surface area contributed by atoms with E-state index in [1.165, 1.54) is 4.68 Å². The van der Waals surface area contributed by atoms with Crippen LogP contribution in [-0.4, -0.2) is 31.5 Å².